The van der Waals surface area contributed by atoms with Gasteiger partial charge in [0.2, 0.25) is 6.79 Å². The van der Waals surface area contributed by atoms with Crippen molar-refractivity contribution in [1.82, 2.24) is 14.5 Å². The lowest BCUT2D eigenvalue weighted by Crippen LogP contribution is -2.30. The van der Waals surface area contributed by atoms with E-state index in [1.165, 1.54) is 11.3 Å². The van der Waals surface area contributed by atoms with Crippen molar-refractivity contribution in [3.05, 3.63) is 42.0 Å². The number of nitrogens with zero attached hydrogens (tertiary/aromatic N) is 3. The van der Waals surface area contributed by atoms with Gasteiger partial charge in [-0.3, -0.25) is 4.90 Å². The maximum Gasteiger partial charge on any atom is 0.231 e. The zero-order valence-corrected chi connectivity index (χ0v) is 14.0. The zero-order valence-electron chi connectivity index (χ0n) is 14.0. The van der Waals surface area contributed by atoms with E-state index in [0.717, 1.165) is 50.9 Å². The molecule has 0 saturated heterocycles. The summed E-state index contributed by atoms with van der Waals surface area (Å²) in [6.07, 6.45) is 3.90. The quantitative estimate of drug-likeness (QED) is 0.842. The Balaban J connectivity index is 1.50. The maximum absolute atomic E-state index is 5.68. The van der Waals surface area contributed by atoms with E-state index in [9.17, 15) is 0 Å². The molecule has 0 radical (unpaired) electrons. The average molecular weight is 329 g/mol. The van der Waals surface area contributed by atoms with Crippen molar-refractivity contribution in [1.29, 1.82) is 0 Å². The van der Waals surface area contributed by atoms with Crippen LogP contribution in [-0.4, -0.2) is 41.0 Å². The molecule has 24 heavy (non-hydrogen) atoms. The molecular formula is C18H23N3O3. The number of ether oxygens (including phenoxy) is 3. The Morgan fingerprint density at radius 2 is 2.17 bits per heavy atom. The summed E-state index contributed by atoms with van der Waals surface area (Å²) < 4.78 is 18.8. The first-order valence-corrected chi connectivity index (χ1v) is 8.49. The Hall–Kier alpha value is -2.05. The molecule has 0 spiro atoms. The lowest BCUT2D eigenvalue weighted by molar-refractivity contribution is 0.0850. The van der Waals surface area contributed by atoms with Crippen molar-refractivity contribution in [3.63, 3.8) is 0 Å². The van der Waals surface area contributed by atoms with Crippen LogP contribution in [0.3, 0.4) is 0 Å². The van der Waals surface area contributed by atoms with Gasteiger partial charge in [0.05, 0.1) is 18.6 Å². The van der Waals surface area contributed by atoms with Crippen LogP contribution in [0.25, 0.3) is 0 Å². The second kappa shape index (κ2) is 6.83. The van der Waals surface area contributed by atoms with Gasteiger partial charge in [-0.1, -0.05) is 6.07 Å². The van der Waals surface area contributed by atoms with Crippen LogP contribution in [0.1, 0.15) is 18.2 Å². The SMILES string of the molecule is CCOC[C@@H]1CN(Cc2ccc3c(c2)OCO3)Cc2cncn2C1. The van der Waals surface area contributed by atoms with Crippen LogP contribution in [0.2, 0.25) is 0 Å². The van der Waals surface area contributed by atoms with Gasteiger partial charge in [-0.2, -0.15) is 0 Å². The molecule has 2 aliphatic rings. The van der Waals surface area contributed by atoms with E-state index in [2.05, 4.69) is 26.6 Å². The first-order chi connectivity index (χ1) is 11.8. The summed E-state index contributed by atoms with van der Waals surface area (Å²) in [6, 6.07) is 6.20. The highest BCUT2D eigenvalue weighted by Crippen LogP contribution is 2.33. The highest BCUT2D eigenvalue weighted by Gasteiger charge is 2.23. The van der Waals surface area contributed by atoms with Crippen LogP contribution in [0.15, 0.2) is 30.7 Å². The number of hydrogen-bond acceptors (Lipinski definition) is 5. The molecule has 6 nitrogen and oxygen atoms in total. The Bertz CT molecular complexity index is 701. The van der Waals surface area contributed by atoms with E-state index in [1.807, 2.05) is 25.5 Å². The summed E-state index contributed by atoms with van der Waals surface area (Å²) in [5.41, 5.74) is 2.50. The molecule has 0 fully saturated rings. The fourth-order valence-electron chi connectivity index (χ4n) is 3.45. The second-order valence-electron chi connectivity index (χ2n) is 6.42. The standard InChI is InChI=1S/C18H23N3O3/c1-2-22-11-15-8-20(10-16-6-19-12-21(16)9-15)7-14-3-4-17-18(5-14)24-13-23-17/h3-6,12,15H,2,7-11,13H2,1H3/t15-/m1/s1. The Morgan fingerprint density at radius 1 is 1.25 bits per heavy atom. The molecule has 1 aromatic carbocycles. The van der Waals surface area contributed by atoms with E-state index < -0.39 is 0 Å². The third-order valence-corrected chi connectivity index (χ3v) is 4.56. The van der Waals surface area contributed by atoms with Crippen LogP contribution in [0.4, 0.5) is 0 Å². The van der Waals surface area contributed by atoms with Gasteiger partial charge < -0.3 is 18.8 Å². The topological polar surface area (TPSA) is 48.8 Å². The Labute approximate surface area is 142 Å². The van der Waals surface area contributed by atoms with Crippen molar-refractivity contribution in [2.24, 2.45) is 5.92 Å². The molecule has 3 heterocycles. The largest absolute Gasteiger partial charge is 0.454 e. The van der Waals surface area contributed by atoms with Crippen molar-refractivity contribution in [2.75, 3.05) is 26.6 Å². The number of aromatic nitrogens is 2. The molecule has 0 aliphatic carbocycles. The van der Waals surface area contributed by atoms with Gasteiger partial charge in [-0.15, -0.1) is 0 Å². The summed E-state index contributed by atoms with van der Waals surface area (Å²) in [5.74, 6) is 2.15. The smallest absolute Gasteiger partial charge is 0.231 e. The molecule has 4 rings (SSSR count). The van der Waals surface area contributed by atoms with Gasteiger partial charge >= 0.3 is 0 Å². The minimum Gasteiger partial charge on any atom is -0.454 e. The van der Waals surface area contributed by atoms with Gasteiger partial charge in [-0.05, 0) is 24.6 Å². The zero-order chi connectivity index (χ0) is 16.4. The van der Waals surface area contributed by atoms with Gasteiger partial charge in [0.1, 0.15) is 0 Å². The van der Waals surface area contributed by atoms with E-state index in [0.29, 0.717) is 12.7 Å². The van der Waals surface area contributed by atoms with Gasteiger partial charge in [0.15, 0.2) is 11.5 Å². The minimum atomic E-state index is 0.318. The Kier molecular flexibility index (Phi) is 4.40. The van der Waals surface area contributed by atoms with E-state index in [1.54, 1.807) is 0 Å². The molecule has 2 aromatic rings. The summed E-state index contributed by atoms with van der Waals surface area (Å²) in [4.78, 5) is 6.77. The molecule has 1 aromatic heterocycles. The summed E-state index contributed by atoms with van der Waals surface area (Å²) in [6.45, 7) is 7.66. The summed E-state index contributed by atoms with van der Waals surface area (Å²) in [5, 5.41) is 0. The number of imidazole rings is 1. The lowest BCUT2D eigenvalue weighted by Gasteiger charge is -2.24. The Morgan fingerprint density at radius 3 is 3.08 bits per heavy atom. The summed E-state index contributed by atoms with van der Waals surface area (Å²) in [7, 11) is 0. The van der Waals surface area contributed by atoms with E-state index in [4.69, 9.17) is 14.2 Å². The fourth-order valence-corrected chi connectivity index (χ4v) is 3.45. The molecule has 6 heteroatoms. The van der Waals surface area contributed by atoms with Crippen LogP contribution in [-0.2, 0) is 24.4 Å². The van der Waals surface area contributed by atoms with Crippen LogP contribution in [0.5, 0.6) is 11.5 Å². The highest BCUT2D eigenvalue weighted by atomic mass is 16.7. The van der Waals surface area contributed by atoms with Gasteiger partial charge in [0, 0.05) is 44.9 Å². The number of benzene rings is 1. The van der Waals surface area contributed by atoms with Crippen LogP contribution in [0, 0.1) is 5.92 Å². The van der Waals surface area contributed by atoms with E-state index >= 15 is 0 Å². The van der Waals surface area contributed by atoms with Crippen molar-refractivity contribution >= 4 is 0 Å². The fraction of sp³-hybridized carbons (Fsp3) is 0.500. The molecule has 128 valence electrons. The molecule has 0 bridgehead atoms. The highest BCUT2D eigenvalue weighted by molar-refractivity contribution is 5.44. The average Bonchev–Trinajstić information content (AvgIpc) is 3.18. The lowest BCUT2D eigenvalue weighted by atomic mass is 10.1. The molecular weight excluding hydrogens is 306 g/mol. The molecule has 0 unspecified atom stereocenters. The molecule has 0 saturated carbocycles. The molecule has 1 atom stereocenters. The van der Waals surface area contributed by atoms with Crippen molar-refractivity contribution in [3.8, 4) is 11.5 Å². The third-order valence-electron chi connectivity index (χ3n) is 4.56. The van der Waals surface area contributed by atoms with E-state index in [-0.39, 0.29) is 0 Å². The normalized spacial score (nSPS) is 20.0. The predicted octanol–water partition coefficient (Wildman–Crippen LogP) is 2.28. The molecule has 0 N–H and O–H groups in total. The summed E-state index contributed by atoms with van der Waals surface area (Å²) >= 11 is 0. The third kappa shape index (κ3) is 3.25. The maximum atomic E-state index is 5.68. The molecule has 2 aliphatic heterocycles. The number of rotatable bonds is 5. The minimum absolute atomic E-state index is 0.318. The first kappa shape index (κ1) is 15.5. The van der Waals surface area contributed by atoms with Gasteiger partial charge in [-0.25, -0.2) is 4.98 Å². The van der Waals surface area contributed by atoms with Gasteiger partial charge in [0.25, 0.3) is 0 Å². The predicted molar refractivity (Wildman–Crippen MR) is 88.9 cm³/mol. The monoisotopic (exact) mass is 329 g/mol. The van der Waals surface area contributed by atoms with Crippen molar-refractivity contribution < 1.29 is 14.2 Å². The second-order valence-corrected chi connectivity index (χ2v) is 6.42. The van der Waals surface area contributed by atoms with Crippen LogP contribution < -0.4 is 9.47 Å². The first-order valence-electron chi connectivity index (χ1n) is 8.49. The number of hydrogen-bond donors (Lipinski definition) is 0. The number of fused-ring (bicyclic) bond motifs is 2. The van der Waals surface area contributed by atoms with Crippen molar-refractivity contribution in [2.45, 2.75) is 26.6 Å². The molecule has 0 amide bonds. The van der Waals surface area contributed by atoms with Crippen LogP contribution >= 0.6 is 0 Å².